The summed E-state index contributed by atoms with van der Waals surface area (Å²) in [6.07, 6.45) is 1.02. The van der Waals surface area contributed by atoms with Crippen LogP contribution in [-0.2, 0) is 6.42 Å². The molecule has 0 saturated carbocycles. The van der Waals surface area contributed by atoms with E-state index in [9.17, 15) is 9.59 Å². The smallest absolute Gasteiger partial charge is 0.314 e. The van der Waals surface area contributed by atoms with Gasteiger partial charge in [-0.25, -0.2) is 4.79 Å². The first-order valence-electron chi connectivity index (χ1n) is 8.33. The Morgan fingerprint density at radius 2 is 1.56 bits per heavy atom. The highest BCUT2D eigenvalue weighted by atomic mass is 16.5. The molecule has 0 heterocycles. The topological polar surface area (TPSA) is 67.4 Å². The van der Waals surface area contributed by atoms with Gasteiger partial charge in [-0.3, -0.25) is 4.79 Å². The predicted molar refractivity (Wildman–Crippen MR) is 98.2 cm³/mol. The molecule has 0 unspecified atom stereocenters. The highest BCUT2D eigenvalue weighted by molar-refractivity contribution is 5.96. The van der Waals surface area contributed by atoms with Gasteiger partial charge in [-0.15, -0.1) is 0 Å². The third kappa shape index (κ3) is 6.30. The Balaban J connectivity index is 1.63. The molecule has 5 nitrogen and oxygen atoms in total. The lowest BCUT2D eigenvalue weighted by molar-refractivity contribution is 0.0983. The fraction of sp³-hybridized carbons (Fsp3) is 0.300. The van der Waals surface area contributed by atoms with Gasteiger partial charge in [0.2, 0.25) is 0 Å². The summed E-state index contributed by atoms with van der Waals surface area (Å²) in [7, 11) is 1.63. The number of aryl methyl sites for hydroxylation is 1. The molecule has 2 amide bonds. The Hall–Kier alpha value is -2.82. The molecule has 25 heavy (non-hydrogen) atoms. The van der Waals surface area contributed by atoms with Gasteiger partial charge < -0.3 is 15.4 Å². The normalized spacial score (nSPS) is 10.2. The largest absolute Gasteiger partial charge is 0.497 e. The predicted octanol–water partition coefficient (Wildman–Crippen LogP) is 3.12. The number of hydrogen-bond acceptors (Lipinski definition) is 3. The molecule has 0 atom stereocenters. The lowest BCUT2D eigenvalue weighted by Crippen LogP contribution is -2.37. The van der Waals surface area contributed by atoms with Crippen molar-refractivity contribution in [2.75, 3.05) is 20.2 Å². The van der Waals surface area contributed by atoms with E-state index in [1.165, 1.54) is 0 Å². The summed E-state index contributed by atoms with van der Waals surface area (Å²) in [5, 5.41) is 5.50. The Morgan fingerprint density at radius 1 is 0.920 bits per heavy atom. The zero-order valence-electron chi connectivity index (χ0n) is 14.7. The van der Waals surface area contributed by atoms with Crippen molar-refractivity contribution in [2.24, 2.45) is 0 Å². The van der Waals surface area contributed by atoms with E-state index in [-0.39, 0.29) is 18.2 Å². The molecule has 0 bridgehead atoms. The van der Waals surface area contributed by atoms with Crippen LogP contribution >= 0.6 is 0 Å². The first-order valence-corrected chi connectivity index (χ1v) is 8.33. The van der Waals surface area contributed by atoms with Crippen molar-refractivity contribution in [1.29, 1.82) is 0 Å². The van der Waals surface area contributed by atoms with Crippen LogP contribution < -0.4 is 15.4 Å². The molecule has 0 spiro atoms. The number of urea groups is 1. The number of nitrogens with one attached hydrogen (secondary N) is 2. The van der Waals surface area contributed by atoms with E-state index in [0.29, 0.717) is 18.7 Å². The van der Waals surface area contributed by atoms with Crippen molar-refractivity contribution in [3.05, 3.63) is 65.2 Å². The van der Waals surface area contributed by atoms with Gasteiger partial charge in [-0.05, 0) is 31.0 Å². The second-order valence-corrected chi connectivity index (χ2v) is 5.82. The standard InChI is InChI=1S/C20H24N2O3/c1-15-3-7-17(8-4-15)19(23)12-14-22-20(24)21-13-11-16-5-9-18(25-2)10-6-16/h3-10H,11-14H2,1-2H3,(H2,21,22,24). The Bertz CT molecular complexity index is 694. The number of benzene rings is 2. The van der Waals surface area contributed by atoms with E-state index >= 15 is 0 Å². The number of methoxy groups -OCH3 is 1. The Labute approximate surface area is 148 Å². The van der Waals surface area contributed by atoms with E-state index in [0.717, 1.165) is 23.3 Å². The van der Waals surface area contributed by atoms with Gasteiger partial charge in [0, 0.05) is 25.1 Å². The molecule has 2 N–H and O–H groups in total. The molecule has 0 aromatic heterocycles. The van der Waals surface area contributed by atoms with Crippen LogP contribution in [0.25, 0.3) is 0 Å². The van der Waals surface area contributed by atoms with Gasteiger partial charge in [0.1, 0.15) is 5.75 Å². The summed E-state index contributed by atoms with van der Waals surface area (Å²) in [5.41, 5.74) is 2.91. The average molecular weight is 340 g/mol. The zero-order chi connectivity index (χ0) is 18.1. The SMILES string of the molecule is COc1ccc(CCNC(=O)NCCC(=O)c2ccc(C)cc2)cc1. The van der Waals surface area contributed by atoms with Crippen LogP contribution in [-0.4, -0.2) is 32.0 Å². The fourth-order valence-electron chi connectivity index (χ4n) is 2.35. The maximum absolute atomic E-state index is 12.0. The molecule has 0 fully saturated rings. The van der Waals surface area contributed by atoms with E-state index < -0.39 is 0 Å². The molecule has 0 radical (unpaired) electrons. The number of carbonyl (C=O) groups is 2. The first-order chi connectivity index (χ1) is 12.1. The van der Waals surface area contributed by atoms with Gasteiger partial charge >= 0.3 is 6.03 Å². The monoisotopic (exact) mass is 340 g/mol. The van der Waals surface area contributed by atoms with Crippen molar-refractivity contribution < 1.29 is 14.3 Å². The van der Waals surface area contributed by atoms with E-state index in [4.69, 9.17) is 4.74 Å². The number of ketones is 1. The molecule has 0 aliphatic rings. The maximum Gasteiger partial charge on any atom is 0.314 e. The van der Waals surface area contributed by atoms with Crippen molar-refractivity contribution in [3.63, 3.8) is 0 Å². The summed E-state index contributed by atoms with van der Waals surface area (Å²) in [6, 6.07) is 14.9. The van der Waals surface area contributed by atoms with Crippen LogP contribution in [0.3, 0.4) is 0 Å². The third-order valence-corrected chi connectivity index (χ3v) is 3.87. The van der Waals surface area contributed by atoms with Crippen molar-refractivity contribution in [1.82, 2.24) is 10.6 Å². The zero-order valence-corrected chi connectivity index (χ0v) is 14.7. The highest BCUT2D eigenvalue weighted by Crippen LogP contribution is 2.11. The highest BCUT2D eigenvalue weighted by Gasteiger charge is 2.06. The molecular weight excluding hydrogens is 316 g/mol. The molecule has 0 aliphatic carbocycles. The minimum atomic E-state index is -0.259. The van der Waals surface area contributed by atoms with Gasteiger partial charge in [0.05, 0.1) is 7.11 Å². The van der Waals surface area contributed by atoms with Crippen LogP contribution in [0.2, 0.25) is 0 Å². The van der Waals surface area contributed by atoms with Crippen LogP contribution in [0.1, 0.15) is 27.9 Å². The van der Waals surface area contributed by atoms with Gasteiger partial charge in [-0.1, -0.05) is 42.0 Å². The minimum absolute atomic E-state index is 0.0264. The second kappa shape index (κ2) is 9.47. The number of Topliss-reactive ketones (excluding diaryl/α,β-unsaturated/α-hetero) is 1. The lowest BCUT2D eigenvalue weighted by Gasteiger charge is -2.08. The van der Waals surface area contributed by atoms with E-state index in [2.05, 4.69) is 10.6 Å². The lowest BCUT2D eigenvalue weighted by atomic mass is 10.1. The number of rotatable bonds is 8. The molecule has 0 saturated heterocycles. The molecular formula is C20H24N2O3. The summed E-state index contributed by atoms with van der Waals surface area (Å²) < 4.78 is 5.11. The summed E-state index contributed by atoms with van der Waals surface area (Å²) >= 11 is 0. The second-order valence-electron chi connectivity index (χ2n) is 5.82. The van der Waals surface area contributed by atoms with Crippen LogP contribution in [0, 0.1) is 6.92 Å². The van der Waals surface area contributed by atoms with E-state index in [1.807, 2.05) is 55.5 Å². The number of amides is 2. The molecule has 2 aromatic rings. The number of hydrogen-bond donors (Lipinski definition) is 2. The van der Waals surface area contributed by atoms with Crippen molar-refractivity contribution in [3.8, 4) is 5.75 Å². The fourth-order valence-corrected chi connectivity index (χ4v) is 2.35. The van der Waals surface area contributed by atoms with Crippen LogP contribution in [0.15, 0.2) is 48.5 Å². The maximum atomic E-state index is 12.0. The van der Waals surface area contributed by atoms with Gasteiger partial charge in [-0.2, -0.15) is 0 Å². The first kappa shape index (κ1) is 18.5. The number of carbonyl (C=O) groups excluding carboxylic acids is 2. The quantitative estimate of drug-likeness (QED) is 0.726. The average Bonchev–Trinajstić information content (AvgIpc) is 2.63. The Morgan fingerprint density at radius 3 is 2.20 bits per heavy atom. The van der Waals surface area contributed by atoms with Crippen LogP contribution in [0.5, 0.6) is 5.75 Å². The van der Waals surface area contributed by atoms with E-state index in [1.54, 1.807) is 7.11 Å². The summed E-state index contributed by atoms with van der Waals surface area (Å²) in [5.74, 6) is 0.839. The Kier molecular flexibility index (Phi) is 7.01. The van der Waals surface area contributed by atoms with Gasteiger partial charge in [0.25, 0.3) is 0 Å². The third-order valence-electron chi connectivity index (χ3n) is 3.87. The molecule has 2 rings (SSSR count). The molecule has 5 heteroatoms. The molecule has 2 aromatic carbocycles. The summed E-state index contributed by atoms with van der Waals surface area (Å²) in [6.45, 7) is 2.83. The summed E-state index contributed by atoms with van der Waals surface area (Å²) in [4.78, 5) is 23.7. The minimum Gasteiger partial charge on any atom is -0.497 e. The van der Waals surface area contributed by atoms with Crippen molar-refractivity contribution >= 4 is 11.8 Å². The van der Waals surface area contributed by atoms with Gasteiger partial charge in [0.15, 0.2) is 5.78 Å². The molecule has 132 valence electrons. The molecule has 0 aliphatic heterocycles. The van der Waals surface area contributed by atoms with Crippen LogP contribution in [0.4, 0.5) is 4.79 Å². The number of ether oxygens (including phenoxy) is 1. The van der Waals surface area contributed by atoms with Crippen molar-refractivity contribution in [2.45, 2.75) is 19.8 Å².